The fraction of sp³-hybridized carbons (Fsp3) is 0.500. The number of carbonyl (C=O) groups excluding carboxylic acids is 3. The Morgan fingerprint density at radius 2 is 1.53 bits per heavy atom. The van der Waals surface area contributed by atoms with Crippen molar-refractivity contribution >= 4 is 42.3 Å². The number of aliphatic carboxylic acids is 2. The third-order valence-corrected chi connectivity index (χ3v) is 5.63. The number of amides is 3. The number of hydrogen-bond donors (Lipinski definition) is 7. The first-order valence-corrected chi connectivity index (χ1v) is 11.4. The van der Waals surface area contributed by atoms with Gasteiger partial charge in [-0.1, -0.05) is 50.6 Å². The Morgan fingerprint density at radius 3 is 2.03 bits per heavy atom. The van der Waals surface area contributed by atoms with Crippen LogP contribution in [-0.4, -0.2) is 69.8 Å². The topological polar surface area (TPSA) is 188 Å². The van der Waals surface area contributed by atoms with E-state index in [1.54, 1.807) is 44.2 Å². The van der Waals surface area contributed by atoms with Gasteiger partial charge in [-0.25, -0.2) is 4.79 Å². The zero-order valence-corrected chi connectivity index (χ0v) is 20.0. The molecule has 0 fully saturated rings. The molecule has 11 nitrogen and oxygen atoms in total. The van der Waals surface area contributed by atoms with Crippen LogP contribution in [-0.2, 0) is 30.4 Å². The van der Waals surface area contributed by atoms with E-state index >= 15 is 0 Å². The van der Waals surface area contributed by atoms with Crippen LogP contribution in [0.25, 0.3) is 0 Å². The number of carboxylic acid groups (broad SMARTS) is 2. The molecule has 1 aromatic carbocycles. The van der Waals surface area contributed by atoms with Crippen molar-refractivity contribution < 1.29 is 34.2 Å². The maximum absolute atomic E-state index is 13.0. The highest BCUT2D eigenvalue weighted by molar-refractivity contribution is 7.80. The third-order valence-electron chi connectivity index (χ3n) is 5.24. The van der Waals surface area contributed by atoms with Crippen LogP contribution in [0.1, 0.15) is 32.3 Å². The zero-order valence-electron chi connectivity index (χ0n) is 19.1. The van der Waals surface area contributed by atoms with Gasteiger partial charge in [0.2, 0.25) is 17.7 Å². The summed E-state index contributed by atoms with van der Waals surface area (Å²) in [5.74, 6) is -5.45. The second-order valence-electron chi connectivity index (χ2n) is 7.91. The number of thiol groups is 1. The summed E-state index contributed by atoms with van der Waals surface area (Å²) in [4.78, 5) is 60.8. The average molecular weight is 497 g/mol. The average Bonchev–Trinajstić information content (AvgIpc) is 2.80. The van der Waals surface area contributed by atoms with Crippen LogP contribution in [0.3, 0.4) is 0 Å². The van der Waals surface area contributed by atoms with Crippen molar-refractivity contribution in [3.05, 3.63) is 35.9 Å². The maximum Gasteiger partial charge on any atom is 0.326 e. The second-order valence-corrected chi connectivity index (χ2v) is 8.27. The summed E-state index contributed by atoms with van der Waals surface area (Å²) >= 11 is 3.90. The van der Waals surface area contributed by atoms with Crippen molar-refractivity contribution in [3.63, 3.8) is 0 Å². The lowest BCUT2D eigenvalue weighted by Crippen LogP contribution is -2.59. The third kappa shape index (κ3) is 9.40. The SMILES string of the molecule is CCC(C)C(NC(=O)C(CC(=O)O)NC(=O)C(N)CS)C(=O)NC(Cc1ccccc1)C(=O)O. The Kier molecular flexibility index (Phi) is 12.1. The van der Waals surface area contributed by atoms with E-state index in [-0.39, 0.29) is 12.2 Å². The number of carbonyl (C=O) groups is 5. The molecule has 0 saturated carbocycles. The molecular weight excluding hydrogens is 464 g/mol. The number of carboxylic acids is 2. The first-order valence-electron chi connectivity index (χ1n) is 10.8. The number of nitrogens with two attached hydrogens (primary N) is 1. The van der Waals surface area contributed by atoms with Gasteiger partial charge in [0.1, 0.15) is 18.1 Å². The molecule has 0 heterocycles. The molecule has 1 rings (SSSR count). The van der Waals surface area contributed by atoms with E-state index < -0.39 is 66.2 Å². The fourth-order valence-corrected chi connectivity index (χ4v) is 3.18. The van der Waals surface area contributed by atoms with E-state index in [1.807, 2.05) is 0 Å². The van der Waals surface area contributed by atoms with E-state index in [2.05, 4.69) is 28.6 Å². The number of benzene rings is 1. The van der Waals surface area contributed by atoms with Gasteiger partial charge in [-0.3, -0.25) is 19.2 Å². The molecule has 0 aliphatic heterocycles. The molecule has 0 aliphatic rings. The molecule has 0 saturated heterocycles. The minimum Gasteiger partial charge on any atom is -0.481 e. The summed E-state index contributed by atoms with van der Waals surface area (Å²) in [6.07, 6.45) is -0.255. The molecule has 1 aromatic rings. The number of rotatable bonds is 14. The molecule has 188 valence electrons. The highest BCUT2D eigenvalue weighted by Crippen LogP contribution is 2.11. The van der Waals surface area contributed by atoms with E-state index in [1.165, 1.54) is 0 Å². The van der Waals surface area contributed by atoms with Gasteiger partial charge in [-0.2, -0.15) is 12.6 Å². The van der Waals surface area contributed by atoms with Crippen LogP contribution in [0.15, 0.2) is 30.3 Å². The lowest BCUT2D eigenvalue weighted by Gasteiger charge is -2.27. The highest BCUT2D eigenvalue weighted by atomic mass is 32.1. The van der Waals surface area contributed by atoms with Crippen molar-refractivity contribution in [2.75, 3.05) is 5.75 Å². The van der Waals surface area contributed by atoms with E-state index in [4.69, 9.17) is 10.8 Å². The van der Waals surface area contributed by atoms with Gasteiger partial charge in [-0.15, -0.1) is 0 Å². The summed E-state index contributed by atoms with van der Waals surface area (Å²) in [7, 11) is 0. The molecular formula is C22H32N4O7S. The molecule has 0 aliphatic carbocycles. The predicted molar refractivity (Wildman–Crippen MR) is 127 cm³/mol. The molecule has 34 heavy (non-hydrogen) atoms. The Hall–Kier alpha value is -3.12. The Morgan fingerprint density at radius 1 is 0.941 bits per heavy atom. The predicted octanol–water partition coefficient (Wildman–Crippen LogP) is -0.454. The van der Waals surface area contributed by atoms with Gasteiger partial charge < -0.3 is 31.9 Å². The molecule has 0 bridgehead atoms. The maximum atomic E-state index is 13.0. The van der Waals surface area contributed by atoms with Crippen molar-refractivity contribution in [1.82, 2.24) is 16.0 Å². The van der Waals surface area contributed by atoms with Crippen LogP contribution < -0.4 is 21.7 Å². The second kappa shape index (κ2) is 14.2. The molecule has 0 spiro atoms. The molecule has 7 N–H and O–H groups in total. The molecule has 3 amide bonds. The summed E-state index contributed by atoms with van der Waals surface area (Å²) in [6, 6.07) is 3.76. The van der Waals surface area contributed by atoms with Gasteiger partial charge in [0.15, 0.2) is 0 Å². The van der Waals surface area contributed by atoms with Gasteiger partial charge in [0.25, 0.3) is 0 Å². The quantitative estimate of drug-likeness (QED) is 0.169. The minimum absolute atomic E-state index is 0.0247. The van der Waals surface area contributed by atoms with E-state index in [9.17, 15) is 29.1 Å². The molecule has 5 unspecified atom stereocenters. The van der Waals surface area contributed by atoms with Crippen LogP contribution >= 0.6 is 12.6 Å². The molecule has 5 atom stereocenters. The first kappa shape index (κ1) is 28.9. The van der Waals surface area contributed by atoms with Crippen molar-refractivity contribution in [1.29, 1.82) is 0 Å². The Balaban J connectivity index is 3.03. The van der Waals surface area contributed by atoms with Crippen molar-refractivity contribution in [2.24, 2.45) is 11.7 Å². The summed E-state index contributed by atoms with van der Waals surface area (Å²) in [6.45, 7) is 3.46. The lowest BCUT2D eigenvalue weighted by atomic mass is 9.96. The number of hydrogen-bond acceptors (Lipinski definition) is 7. The minimum atomic E-state index is -1.49. The molecule has 0 aromatic heterocycles. The van der Waals surface area contributed by atoms with Crippen LogP contribution in [0.2, 0.25) is 0 Å². The zero-order chi connectivity index (χ0) is 25.8. The smallest absolute Gasteiger partial charge is 0.326 e. The van der Waals surface area contributed by atoms with Gasteiger partial charge in [0, 0.05) is 12.2 Å². The largest absolute Gasteiger partial charge is 0.481 e. The standard InChI is InChI=1S/C22H32N4O7S/c1-3-12(2)18(21(31)25-16(22(32)33)9-13-7-5-4-6-8-13)26-20(30)15(10-17(27)28)24-19(29)14(23)11-34/h4-8,12,14-16,18,34H,3,9-11,23H2,1-2H3,(H,24,29)(H,25,31)(H,26,30)(H,27,28)(H,32,33). The molecule has 0 radical (unpaired) electrons. The summed E-state index contributed by atoms with van der Waals surface area (Å²) in [5.41, 5.74) is 6.27. The summed E-state index contributed by atoms with van der Waals surface area (Å²) in [5, 5.41) is 25.9. The summed E-state index contributed by atoms with van der Waals surface area (Å²) < 4.78 is 0. The van der Waals surface area contributed by atoms with E-state index in [0.717, 1.165) is 0 Å². The first-order chi connectivity index (χ1) is 16.0. The van der Waals surface area contributed by atoms with Gasteiger partial charge >= 0.3 is 11.9 Å². The van der Waals surface area contributed by atoms with Crippen molar-refractivity contribution in [3.8, 4) is 0 Å². The number of nitrogens with one attached hydrogen (secondary N) is 3. The van der Waals surface area contributed by atoms with Crippen LogP contribution in [0, 0.1) is 5.92 Å². The molecule has 12 heteroatoms. The van der Waals surface area contributed by atoms with Gasteiger partial charge in [-0.05, 0) is 11.5 Å². The van der Waals surface area contributed by atoms with Crippen LogP contribution in [0.5, 0.6) is 0 Å². The Bertz CT molecular complexity index is 868. The van der Waals surface area contributed by atoms with Crippen molar-refractivity contribution in [2.45, 2.75) is 57.3 Å². The lowest BCUT2D eigenvalue weighted by molar-refractivity contribution is -0.143. The van der Waals surface area contributed by atoms with E-state index in [0.29, 0.717) is 12.0 Å². The highest BCUT2D eigenvalue weighted by Gasteiger charge is 2.33. The fourth-order valence-electron chi connectivity index (χ4n) is 3.01. The normalized spacial score (nSPS) is 15.2. The van der Waals surface area contributed by atoms with Gasteiger partial charge in [0.05, 0.1) is 12.5 Å². The van der Waals surface area contributed by atoms with Crippen LogP contribution in [0.4, 0.5) is 0 Å². The monoisotopic (exact) mass is 496 g/mol. The Labute approximate surface area is 203 Å².